The van der Waals surface area contributed by atoms with Gasteiger partial charge in [0.15, 0.2) is 0 Å². The molecule has 1 heterocycles. The van der Waals surface area contributed by atoms with Crippen molar-refractivity contribution < 1.29 is 19.7 Å². The highest BCUT2D eigenvalue weighted by molar-refractivity contribution is 5.79. The summed E-state index contributed by atoms with van der Waals surface area (Å²) in [6, 6.07) is 18.9. The monoisotopic (exact) mass is 420 g/mol. The summed E-state index contributed by atoms with van der Waals surface area (Å²) >= 11 is 0. The summed E-state index contributed by atoms with van der Waals surface area (Å²) in [7, 11) is 0. The van der Waals surface area contributed by atoms with Gasteiger partial charge in [-0.3, -0.25) is 4.79 Å². The average molecular weight is 420 g/mol. The molecule has 2 atom stereocenters. The third-order valence-electron chi connectivity index (χ3n) is 5.56. The standard InChI is InChI=1S/C24H24N2O5/c27-21(23(29)15-9-11-25-22(28)13-15)10-12-26-24(30)31-14-20-18-7-3-1-5-16(18)17-6-2-4-8-19(17)20/h1-9,11,13,20-21,23,27,29H,10,12,14H2,(H,25,28)(H,26,30). The maximum Gasteiger partial charge on any atom is 0.407 e. The van der Waals surface area contributed by atoms with Crippen LogP contribution in [0.1, 0.15) is 35.1 Å². The highest BCUT2D eigenvalue weighted by Gasteiger charge is 2.29. The summed E-state index contributed by atoms with van der Waals surface area (Å²) in [5.74, 6) is -0.0262. The molecule has 0 saturated heterocycles. The van der Waals surface area contributed by atoms with E-state index < -0.39 is 18.3 Å². The largest absolute Gasteiger partial charge is 0.449 e. The zero-order chi connectivity index (χ0) is 21.8. The molecule has 1 amide bonds. The van der Waals surface area contributed by atoms with Crippen LogP contribution >= 0.6 is 0 Å². The number of alkyl carbamates (subject to hydrolysis) is 1. The number of ether oxygens (including phenoxy) is 1. The van der Waals surface area contributed by atoms with Gasteiger partial charge in [-0.1, -0.05) is 48.5 Å². The molecule has 7 nitrogen and oxygen atoms in total. The van der Waals surface area contributed by atoms with Gasteiger partial charge in [0, 0.05) is 24.7 Å². The number of fused-ring (bicyclic) bond motifs is 3. The van der Waals surface area contributed by atoms with E-state index in [0.29, 0.717) is 5.56 Å². The predicted octanol–water partition coefficient (Wildman–Crippen LogP) is 2.70. The molecule has 1 aliphatic carbocycles. The molecule has 2 unspecified atom stereocenters. The van der Waals surface area contributed by atoms with E-state index in [9.17, 15) is 19.8 Å². The van der Waals surface area contributed by atoms with Crippen LogP contribution < -0.4 is 10.9 Å². The lowest BCUT2D eigenvalue weighted by Gasteiger charge is -2.18. The van der Waals surface area contributed by atoms with E-state index in [-0.39, 0.29) is 31.0 Å². The lowest BCUT2D eigenvalue weighted by atomic mass is 9.98. The van der Waals surface area contributed by atoms with Gasteiger partial charge in [0.05, 0.1) is 6.10 Å². The number of benzene rings is 2. The molecule has 3 aromatic rings. The molecule has 7 heteroatoms. The van der Waals surface area contributed by atoms with Crippen molar-refractivity contribution >= 4 is 6.09 Å². The highest BCUT2D eigenvalue weighted by atomic mass is 16.5. The van der Waals surface area contributed by atoms with Gasteiger partial charge in [0.2, 0.25) is 5.56 Å². The Labute approximate surface area is 179 Å². The van der Waals surface area contributed by atoms with Crippen molar-refractivity contribution in [1.29, 1.82) is 0 Å². The lowest BCUT2D eigenvalue weighted by Crippen LogP contribution is -2.31. The molecular formula is C24H24N2O5. The van der Waals surface area contributed by atoms with Crippen LogP contribution in [-0.2, 0) is 4.74 Å². The maximum atomic E-state index is 12.2. The first-order valence-corrected chi connectivity index (χ1v) is 10.2. The smallest absolute Gasteiger partial charge is 0.407 e. The first kappa shape index (κ1) is 20.8. The number of aliphatic hydroxyl groups is 2. The van der Waals surface area contributed by atoms with Gasteiger partial charge in [-0.2, -0.15) is 0 Å². The van der Waals surface area contributed by atoms with E-state index in [1.165, 1.54) is 18.3 Å². The van der Waals surface area contributed by atoms with Crippen LogP contribution in [0.25, 0.3) is 11.1 Å². The molecule has 4 N–H and O–H groups in total. The zero-order valence-electron chi connectivity index (χ0n) is 16.8. The summed E-state index contributed by atoms with van der Waals surface area (Å²) in [5, 5.41) is 22.9. The molecule has 0 bridgehead atoms. The molecule has 0 fully saturated rings. The molecule has 0 radical (unpaired) electrons. The van der Waals surface area contributed by atoms with Crippen LogP contribution in [-0.4, -0.2) is 40.5 Å². The molecule has 0 aliphatic heterocycles. The molecule has 31 heavy (non-hydrogen) atoms. The number of H-pyrrole nitrogens is 1. The van der Waals surface area contributed by atoms with Gasteiger partial charge in [-0.25, -0.2) is 4.79 Å². The quantitative estimate of drug-likeness (QED) is 0.470. The first-order chi connectivity index (χ1) is 15.0. The minimum absolute atomic E-state index is 0.0262. The normalized spacial score (nSPS) is 14.4. The van der Waals surface area contributed by atoms with Gasteiger partial charge in [-0.15, -0.1) is 0 Å². The number of aromatic amines is 1. The van der Waals surface area contributed by atoms with Crippen LogP contribution in [0, 0.1) is 0 Å². The third-order valence-corrected chi connectivity index (χ3v) is 5.56. The molecule has 1 aromatic heterocycles. The summed E-state index contributed by atoms with van der Waals surface area (Å²) in [5.41, 5.74) is 4.53. The maximum absolute atomic E-state index is 12.2. The molecule has 1 aliphatic rings. The predicted molar refractivity (Wildman–Crippen MR) is 116 cm³/mol. The second-order valence-corrected chi connectivity index (χ2v) is 7.54. The number of nitrogens with one attached hydrogen (secondary N) is 2. The van der Waals surface area contributed by atoms with E-state index in [1.54, 1.807) is 0 Å². The fourth-order valence-electron chi connectivity index (χ4n) is 4.00. The minimum atomic E-state index is -1.22. The van der Waals surface area contributed by atoms with Crippen molar-refractivity contribution in [3.05, 3.63) is 93.9 Å². The van der Waals surface area contributed by atoms with E-state index in [4.69, 9.17) is 4.74 Å². The van der Waals surface area contributed by atoms with Gasteiger partial charge < -0.3 is 25.3 Å². The molecule has 160 valence electrons. The number of hydrogen-bond donors (Lipinski definition) is 4. The summed E-state index contributed by atoms with van der Waals surface area (Å²) in [4.78, 5) is 26.0. The average Bonchev–Trinajstić information content (AvgIpc) is 3.11. The van der Waals surface area contributed by atoms with Crippen LogP contribution in [0.5, 0.6) is 0 Å². The SMILES string of the molecule is O=C(NCCC(O)C(O)c1cc[nH]c(=O)c1)OCC1c2ccccc2-c2ccccc21. The number of pyridine rings is 1. The van der Waals surface area contributed by atoms with Crippen LogP contribution in [0.4, 0.5) is 4.79 Å². The van der Waals surface area contributed by atoms with Gasteiger partial charge in [-0.05, 0) is 40.3 Å². The summed E-state index contributed by atoms with van der Waals surface area (Å²) < 4.78 is 5.44. The Bertz CT molecular complexity index is 1080. The van der Waals surface area contributed by atoms with E-state index >= 15 is 0 Å². The van der Waals surface area contributed by atoms with Crippen LogP contribution in [0.3, 0.4) is 0 Å². The van der Waals surface area contributed by atoms with Crippen molar-refractivity contribution in [2.75, 3.05) is 13.2 Å². The number of carbonyl (C=O) groups excluding carboxylic acids is 1. The number of aromatic nitrogens is 1. The molecule has 2 aromatic carbocycles. The fourth-order valence-corrected chi connectivity index (χ4v) is 4.00. The Morgan fingerprint density at radius 2 is 1.68 bits per heavy atom. The molecule has 4 rings (SSSR count). The van der Waals surface area contributed by atoms with Gasteiger partial charge in [0.1, 0.15) is 12.7 Å². The van der Waals surface area contributed by atoms with E-state index in [1.807, 2.05) is 36.4 Å². The van der Waals surface area contributed by atoms with Crippen molar-refractivity contribution in [2.45, 2.75) is 24.5 Å². The van der Waals surface area contributed by atoms with E-state index in [0.717, 1.165) is 22.3 Å². The van der Waals surface area contributed by atoms with Gasteiger partial charge in [0.25, 0.3) is 0 Å². The van der Waals surface area contributed by atoms with Crippen molar-refractivity contribution in [1.82, 2.24) is 10.3 Å². The molecular weight excluding hydrogens is 396 g/mol. The Hall–Kier alpha value is -3.42. The minimum Gasteiger partial charge on any atom is -0.449 e. The Kier molecular flexibility index (Phi) is 6.16. The fraction of sp³-hybridized carbons (Fsp3) is 0.250. The number of amides is 1. The van der Waals surface area contributed by atoms with Crippen molar-refractivity contribution in [2.24, 2.45) is 0 Å². The van der Waals surface area contributed by atoms with Gasteiger partial charge >= 0.3 is 6.09 Å². The van der Waals surface area contributed by atoms with E-state index in [2.05, 4.69) is 22.4 Å². The number of hydrogen-bond acceptors (Lipinski definition) is 5. The Morgan fingerprint density at radius 1 is 1.03 bits per heavy atom. The third kappa shape index (κ3) is 4.52. The summed E-state index contributed by atoms with van der Waals surface area (Å²) in [6.45, 7) is 0.329. The Balaban J connectivity index is 1.29. The van der Waals surface area contributed by atoms with Crippen LogP contribution in [0.15, 0.2) is 71.7 Å². The lowest BCUT2D eigenvalue weighted by molar-refractivity contribution is 0.0136. The van der Waals surface area contributed by atoms with Crippen molar-refractivity contribution in [3.63, 3.8) is 0 Å². The summed E-state index contributed by atoms with van der Waals surface area (Å²) in [6.07, 6.45) is -1.41. The number of carbonyl (C=O) groups is 1. The topological polar surface area (TPSA) is 112 Å². The second-order valence-electron chi connectivity index (χ2n) is 7.54. The zero-order valence-corrected chi connectivity index (χ0v) is 16.8. The number of rotatable bonds is 7. The highest BCUT2D eigenvalue weighted by Crippen LogP contribution is 2.44. The number of aliphatic hydroxyl groups excluding tert-OH is 2. The molecule has 0 saturated carbocycles. The second kappa shape index (κ2) is 9.16. The first-order valence-electron chi connectivity index (χ1n) is 10.2. The Morgan fingerprint density at radius 3 is 2.32 bits per heavy atom. The molecule has 0 spiro atoms. The van der Waals surface area contributed by atoms with Crippen LogP contribution in [0.2, 0.25) is 0 Å². The van der Waals surface area contributed by atoms with Crippen molar-refractivity contribution in [3.8, 4) is 11.1 Å².